The van der Waals surface area contributed by atoms with Crippen LogP contribution in [0.25, 0.3) is 0 Å². The van der Waals surface area contributed by atoms with E-state index in [-0.39, 0.29) is 25.4 Å². The molecular formula is C33H32O9. The first kappa shape index (κ1) is 27.7. The summed E-state index contributed by atoms with van der Waals surface area (Å²) in [7, 11) is 0. The largest absolute Gasteiger partial charge is 0.491 e. The Morgan fingerprint density at radius 1 is 0.476 bits per heavy atom. The SMILES string of the molecule is OC(COc1ccc(Oc2ccc(OCC3CO3)cc2)cc1)COc1ccc(Oc2ccc(OCC3CO3)cc2)cc1. The Bertz CT molecular complexity index is 1270. The Kier molecular flexibility index (Phi) is 8.90. The summed E-state index contributed by atoms with van der Waals surface area (Å²) in [4.78, 5) is 0. The van der Waals surface area contributed by atoms with Gasteiger partial charge < -0.3 is 43.0 Å². The zero-order valence-corrected chi connectivity index (χ0v) is 22.9. The van der Waals surface area contributed by atoms with Gasteiger partial charge in [0.05, 0.1) is 13.2 Å². The van der Waals surface area contributed by atoms with Crippen molar-refractivity contribution in [1.82, 2.24) is 0 Å². The minimum atomic E-state index is -0.809. The minimum absolute atomic E-state index is 0.0855. The van der Waals surface area contributed by atoms with Gasteiger partial charge in [0, 0.05) is 0 Å². The van der Waals surface area contributed by atoms with E-state index in [2.05, 4.69) is 0 Å². The van der Waals surface area contributed by atoms with E-state index in [0.29, 0.717) is 47.7 Å². The first-order valence-corrected chi connectivity index (χ1v) is 13.8. The number of aliphatic hydroxyl groups excluding tert-OH is 1. The first-order chi connectivity index (χ1) is 20.6. The van der Waals surface area contributed by atoms with Crippen LogP contribution in [0.3, 0.4) is 0 Å². The van der Waals surface area contributed by atoms with E-state index >= 15 is 0 Å². The molecule has 2 atom stereocenters. The van der Waals surface area contributed by atoms with Gasteiger partial charge in [0.15, 0.2) is 0 Å². The Balaban J connectivity index is 0.884. The quantitative estimate of drug-likeness (QED) is 0.171. The summed E-state index contributed by atoms with van der Waals surface area (Å²) >= 11 is 0. The summed E-state index contributed by atoms with van der Waals surface area (Å²) in [5.41, 5.74) is 0. The van der Waals surface area contributed by atoms with Gasteiger partial charge in [-0.15, -0.1) is 0 Å². The number of ether oxygens (including phenoxy) is 8. The molecule has 0 radical (unpaired) electrons. The fraction of sp³-hybridized carbons (Fsp3) is 0.273. The summed E-state index contributed by atoms with van der Waals surface area (Å²) in [5.74, 6) is 5.53. The zero-order valence-electron chi connectivity index (χ0n) is 22.9. The molecular weight excluding hydrogens is 540 g/mol. The van der Waals surface area contributed by atoms with Crippen molar-refractivity contribution in [3.63, 3.8) is 0 Å². The van der Waals surface area contributed by atoms with Gasteiger partial charge in [-0.05, 0) is 97.1 Å². The molecule has 2 aliphatic heterocycles. The Morgan fingerprint density at radius 2 is 0.738 bits per heavy atom. The van der Waals surface area contributed by atoms with Crippen molar-refractivity contribution in [3.8, 4) is 46.0 Å². The van der Waals surface area contributed by atoms with Gasteiger partial charge in [0.1, 0.15) is 90.7 Å². The lowest BCUT2D eigenvalue weighted by Gasteiger charge is -2.14. The van der Waals surface area contributed by atoms with Crippen LogP contribution >= 0.6 is 0 Å². The van der Waals surface area contributed by atoms with Crippen LogP contribution in [-0.2, 0) is 9.47 Å². The topological polar surface area (TPSA) is 101 Å². The maximum Gasteiger partial charge on any atom is 0.127 e. The van der Waals surface area contributed by atoms with Crippen LogP contribution in [0.5, 0.6) is 46.0 Å². The number of benzene rings is 4. The molecule has 2 fully saturated rings. The Hall–Kier alpha value is -4.44. The number of epoxide rings is 2. The van der Waals surface area contributed by atoms with E-state index in [1.165, 1.54) is 0 Å². The molecule has 9 nitrogen and oxygen atoms in total. The molecule has 0 aliphatic carbocycles. The van der Waals surface area contributed by atoms with Gasteiger partial charge in [0.25, 0.3) is 0 Å². The van der Waals surface area contributed by atoms with E-state index < -0.39 is 6.10 Å². The molecule has 0 amide bonds. The molecule has 6 rings (SSSR count). The molecule has 2 heterocycles. The molecule has 1 N–H and O–H groups in total. The molecule has 0 bridgehead atoms. The van der Waals surface area contributed by atoms with E-state index in [1.807, 2.05) is 72.8 Å². The average molecular weight is 573 g/mol. The van der Waals surface area contributed by atoms with Crippen LogP contribution in [-0.4, -0.2) is 63.1 Å². The molecule has 4 aromatic carbocycles. The molecule has 0 spiro atoms. The summed E-state index contributed by atoms with van der Waals surface area (Å²) < 4.78 is 44.7. The third kappa shape index (κ3) is 8.78. The van der Waals surface area contributed by atoms with Crippen LogP contribution in [0.1, 0.15) is 0 Å². The molecule has 218 valence electrons. The van der Waals surface area contributed by atoms with Gasteiger partial charge in [-0.3, -0.25) is 0 Å². The van der Waals surface area contributed by atoms with Crippen LogP contribution in [0.4, 0.5) is 0 Å². The fourth-order valence-corrected chi connectivity index (χ4v) is 3.83. The second-order valence-electron chi connectivity index (χ2n) is 9.90. The van der Waals surface area contributed by atoms with Crippen LogP contribution in [0.15, 0.2) is 97.1 Å². The summed E-state index contributed by atoms with van der Waals surface area (Å²) in [6.45, 7) is 2.84. The predicted octanol–water partition coefficient (Wildman–Crippen LogP) is 5.65. The monoisotopic (exact) mass is 572 g/mol. The molecule has 42 heavy (non-hydrogen) atoms. The highest BCUT2D eigenvalue weighted by molar-refractivity contribution is 5.39. The second kappa shape index (κ2) is 13.5. The maximum absolute atomic E-state index is 10.3. The summed E-state index contributed by atoms with van der Waals surface area (Å²) in [5, 5.41) is 10.3. The number of rotatable bonds is 16. The van der Waals surface area contributed by atoms with Crippen LogP contribution < -0.4 is 28.4 Å². The van der Waals surface area contributed by atoms with E-state index in [4.69, 9.17) is 37.9 Å². The Labute approximate surface area is 244 Å². The molecule has 4 aromatic rings. The lowest BCUT2D eigenvalue weighted by atomic mass is 10.3. The third-order valence-electron chi connectivity index (χ3n) is 6.33. The van der Waals surface area contributed by atoms with Gasteiger partial charge in [0.2, 0.25) is 0 Å². The molecule has 9 heteroatoms. The van der Waals surface area contributed by atoms with Crippen LogP contribution in [0, 0.1) is 0 Å². The van der Waals surface area contributed by atoms with Crippen molar-refractivity contribution >= 4 is 0 Å². The fourth-order valence-electron chi connectivity index (χ4n) is 3.83. The lowest BCUT2D eigenvalue weighted by molar-refractivity contribution is 0.0626. The highest BCUT2D eigenvalue weighted by Gasteiger charge is 2.23. The first-order valence-electron chi connectivity index (χ1n) is 13.8. The highest BCUT2D eigenvalue weighted by Crippen LogP contribution is 2.28. The lowest BCUT2D eigenvalue weighted by Crippen LogP contribution is -2.25. The van der Waals surface area contributed by atoms with Crippen LogP contribution in [0.2, 0.25) is 0 Å². The van der Waals surface area contributed by atoms with Gasteiger partial charge in [-0.1, -0.05) is 0 Å². The number of aliphatic hydroxyl groups is 1. The number of hydrogen-bond donors (Lipinski definition) is 1. The van der Waals surface area contributed by atoms with Gasteiger partial charge >= 0.3 is 0 Å². The standard InChI is InChI=1S/C33H32O9/c34-23(17-35-24-1-9-28(10-2-24)41-30-13-5-26(6-14-30)37-19-32-21-39-32)18-36-25-3-11-29(12-4-25)42-31-15-7-27(8-16-31)38-20-33-22-40-33/h1-16,23,32-34H,17-22H2. The highest BCUT2D eigenvalue weighted by atomic mass is 16.6. The van der Waals surface area contributed by atoms with E-state index in [1.54, 1.807) is 24.3 Å². The van der Waals surface area contributed by atoms with Crippen molar-refractivity contribution in [2.75, 3.05) is 39.6 Å². The van der Waals surface area contributed by atoms with Gasteiger partial charge in [-0.2, -0.15) is 0 Å². The average Bonchev–Trinajstić information content (AvgIpc) is 3.96. The van der Waals surface area contributed by atoms with E-state index in [0.717, 1.165) is 24.7 Å². The van der Waals surface area contributed by atoms with Crippen molar-refractivity contribution in [3.05, 3.63) is 97.1 Å². The zero-order chi connectivity index (χ0) is 28.6. The third-order valence-corrected chi connectivity index (χ3v) is 6.33. The molecule has 2 unspecified atom stereocenters. The smallest absolute Gasteiger partial charge is 0.127 e. The number of hydrogen-bond acceptors (Lipinski definition) is 9. The molecule has 0 aromatic heterocycles. The summed E-state index contributed by atoms with van der Waals surface area (Å²) in [6, 6.07) is 29.3. The normalized spacial score (nSPS) is 17.5. The minimum Gasteiger partial charge on any atom is -0.491 e. The summed E-state index contributed by atoms with van der Waals surface area (Å²) in [6.07, 6.45) is -0.368. The molecule has 2 saturated heterocycles. The van der Waals surface area contributed by atoms with Crippen molar-refractivity contribution < 1.29 is 43.0 Å². The van der Waals surface area contributed by atoms with Gasteiger partial charge in [-0.25, -0.2) is 0 Å². The molecule has 0 saturated carbocycles. The van der Waals surface area contributed by atoms with Crippen molar-refractivity contribution in [1.29, 1.82) is 0 Å². The second-order valence-corrected chi connectivity index (χ2v) is 9.90. The van der Waals surface area contributed by atoms with Crippen molar-refractivity contribution in [2.24, 2.45) is 0 Å². The Morgan fingerprint density at radius 3 is 1.02 bits per heavy atom. The van der Waals surface area contributed by atoms with Crippen molar-refractivity contribution in [2.45, 2.75) is 18.3 Å². The van der Waals surface area contributed by atoms with E-state index in [9.17, 15) is 5.11 Å². The predicted molar refractivity (Wildman–Crippen MR) is 153 cm³/mol. The molecule has 2 aliphatic rings. The maximum atomic E-state index is 10.3.